The number of hydrogen-bond donors (Lipinski definition) is 1. The Kier molecular flexibility index (Phi) is 5.14. The third-order valence-electron chi connectivity index (χ3n) is 3.81. The van der Waals surface area contributed by atoms with Gasteiger partial charge in [0.1, 0.15) is 0 Å². The van der Waals surface area contributed by atoms with E-state index in [0.29, 0.717) is 6.61 Å². The largest absolute Gasteiger partial charge is 0.415 e. The minimum Gasteiger partial charge on any atom is -0.415 e. The van der Waals surface area contributed by atoms with Crippen molar-refractivity contribution in [2.45, 2.75) is 51.4 Å². The third kappa shape index (κ3) is 4.56. The van der Waals surface area contributed by atoms with Crippen LogP contribution in [0.3, 0.4) is 0 Å². The van der Waals surface area contributed by atoms with Gasteiger partial charge in [-0.15, -0.1) is 0 Å². The molecule has 0 aromatic heterocycles. The van der Waals surface area contributed by atoms with Crippen LogP contribution in [0.4, 0.5) is 0 Å². The van der Waals surface area contributed by atoms with E-state index in [0.717, 1.165) is 6.42 Å². The molecule has 0 saturated carbocycles. The average molecular weight is 265 g/mol. The molecule has 102 valence electrons. The zero-order valence-electron chi connectivity index (χ0n) is 12.4. The minimum absolute atomic E-state index is 0.0847. The summed E-state index contributed by atoms with van der Waals surface area (Å²) in [6, 6.07) is 10.5. The van der Waals surface area contributed by atoms with E-state index in [4.69, 9.17) is 10.2 Å². The van der Waals surface area contributed by atoms with E-state index in [1.807, 2.05) is 6.07 Å². The van der Waals surface area contributed by atoms with Crippen LogP contribution in [0.25, 0.3) is 0 Å². The Morgan fingerprint density at radius 3 is 2.22 bits per heavy atom. The quantitative estimate of drug-likeness (QED) is 0.826. The first-order valence-electron chi connectivity index (χ1n) is 6.66. The molecule has 0 amide bonds. The maximum absolute atomic E-state index is 6.15. The van der Waals surface area contributed by atoms with Gasteiger partial charge in [0, 0.05) is 12.6 Å². The lowest BCUT2D eigenvalue weighted by Gasteiger charge is -2.37. The van der Waals surface area contributed by atoms with Gasteiger partial charge in [-0.3, -0.25) is 0 Å². The van der Waals surface area contributed by atoms with Crippen molar-refractivity contribution < 1.29 is 4.43 Å². The maximum Gasteiger partial charge on any atom is 0.192 e. The maximum atomic E-state index is 6.15. The fourth-order valence-electron chi connectivity index (χ4n) is 1.51. The highest BCUT2D eigenvalue weighted by molar-refractivity contribution is 6.74. The van der Waals surface area contributed by atoms with Crippen molar-refractivity contribution in [3.63, 3.8) is 0 Å². The normalized spacial score (nSPS) is 14.6. The van der Waals surface area contributed by atoms with Crippen molar-refractivity contribution in [2.24, 2.45) is 5.73 Å². The Hall–Kier alpha value is -0.643. The molecule has 0 aliphatic carbocycles. The van der Waals surface area contributed by atoms with Gasteiger partial charge in [-0.25, -0.2) is 0 Å². The first-order chi connectivity index (χ1) is 8.22. The predicted molar refractivity (Wildman–Crippen MR) is 81.3 cm³/mol. The van der Waals surface area contributed by atoms with Crippen LogP contribution in [0.5, 0.6) is 0 Å². The summed E-state index contributed by atoms with van der Waals surface area (Å²) in [4.78, 5) is 0. The fourth-order valence-corrected chi connectivity index (χ4v) is 2.57. The summed E-state index contributed by atoms with van der Waals surface area (Å²) < 4.78 is 6.14. The summed E-state index contributed by atoms with van der Waals surface area (Å²) in [7, 11) is -1.66. The van der Waals surface area contributed by atoms with Crippen molar-refractivity contribution >= 4 is 8.32 Å². The van der Waals surface area contributed by atoms with Crippen LogP contribution in [-0.2, 0) is 10.8 Å². The van der Waals surface area contributed by atoms with Crippen LogP contribution >= 0.6 is 0 Å². The summed E-state index contributed by atoms with van der Waals surface area (Å²) in [6.07, 6.45) is 0.884. The molecule has 2 nitrogen and oxygen atoms in total. The Morgan fingerprint density at radius 1 is 1.17 bits per heavy atom. The van der Waals surface area contributed by atoms with Crippen molar-refractivity contribution in [1.29, 1.82) is 0 Å². The van der Waals surface area contributed by atoms with E-state index in [-0.39, 0.29) is 11.1 Å². The average Bonchev–Trinajstić information content (AvgIpc) is 2.26. The minimum atomic E-state index is -1.66. The van der Waals surface area contributed by atoms with Crippen LogP contribution in [-0.4, -0.2) is 21.0 Å². The second-order valence-corrected chi connectivity index (χ2v) is 11.3. The van der Waals surface area contributed by atoms with Crippen molar-refractivity contribution in [2.75, 3.05) is 6.61 Å². The molecule has 0 spiro atoms. The van der Waals surface area contributed by atoms with Crippen molar-refractivity contribution in [3.05, 3.63) is 35.9 Å². The molecule has 3 heteroatoms. The molecule has 18 heavy (non-hydrogen) atoms. The molecule has 0 unspecified atom stereocenters. The van der Waals surface area contributed by atoms with Crippen LogP contribution in [0.2, 0.25) is 18.1 Å². The monoisotopic (exact) mass is 265 g/mol. The van der Waals surface area contributed by atoms with Crippen LogP contribution in [0, 0.1) is 0 Å². The molecular weight excluding hydrogens is 238 g/mol. The molecule has 1 atom stereocenters. The Balaban J connectivity index is 2.45. The number of benzene rings is 1. The lowest BCUT2D eigenvalue weighted by atomic mass is 10.1. The lowest BCUT2D eigenvalue weighted by Crippen LogP contribution is -2.44. The first-order valence-corrected chi connectivity index (χ1v) is 9.57. The Labute approximate surface area is 113 Å². The molecule has 2 N–H and O–H groups in total. The second kappa shape index (κ2) is 6.00. The van der Waals surface area contributed by atoms with E-state index in [2.05, 4.69) is 58.1 Å². The summed E-state index contributed by atoms with van der Waals surface area (Å²) in [5.74, 6) is 0. The zero-order chi connectivity index (χ0) is 13.8. The topological polar surface area (TPSA) is 35.2 Å². The summed E-state index contributed by atoms with van der Waals surface area (Å²) in [5, 5.41) is 0.249. The standard InChI is InChI=1S/C15H27NOSi/c1-15(2,3)18(4,5)17-12-14(16)11-13-9-7-6-8-10-13/h6-10,14H,11-12,16H2,1-5H3/t14-/m0/s1. The van der Waals surface area contributed by atoms with E-state index in [1.54, 1.807) is 0 Å². The molecule has 1 aromatic carbocycles. The molecular formula is C15H27NOSi. The van der Waals surface area contributed by atoms with Gasteiger partial charge < -0.3 is 10.2 Å². The number of rotatable bonds is 5. The Morgan fingerprint density at radius 2 is 1.72 bits per heavy atom. The van der Waals surface area contributed by atoms with Gasteiger partial charge in [-0.05, 0) is 30.1 Å². The summed E-state index contributed by atoms with van der Waals surface area (Å²) in [5.41, 5.74) is 7.43. The molecule has 0 bridgehead atoms. The van der Waals surface area contributed by atoms with Gasteiger partial charge in [0.05, 0.1) is 0 Å². The second-order valence-electron chi connectivity index (χ2n) is 6.52. The van der Waals surface area contributed by atoms with Gasteiger partial charge >= 0.3 is 0 Å². The van der Waals surface area contributed by atoms with E-state index in [1.165, 1.54) is 5.56 Å². The summed E-state index contributed by atoms with van der Waals surface area (Å²) >= 11 is 0. The fraction of sp³-hybridized carbons (Fsp3) is 0.600. The van der Waals surface area contributed by atoms with Crippen LogP contribution in [0.1, 0.15) is 26.3 Å². The highest BCUT2D eigenvalue weighted by atomic mass is 28.4. The van der Waals surface area contributed by atoms with E-state index < -0.39 is 8.32 Å². The van der Waals surface area contributed by atoms with Crippen molar-refractivity contribution in [3.8, 4) is 0 Å². The molecule has 0 aliphatic rings. The molecule has 0 heterocycles. The van der Waals surface area contributed by atoms with E-state index >= 15 is 0 Å². The van der Waals surface area contributed by atoms with Gasteiger partial charge in [-0.2, -0.15) is 0 Å². The number of hydrogen-bond acceptors (Lipinski definition) is 2. The summed E-state index contributed by atoms with van der Waals surface area (Å²) in [6.45, 7) is 11.9. The lowest BCUT2D eigenvalue weighted by molar-refractivity contribution is 0.262. The smallest absolute Gasteiger partial charge is 0.192 e. The van der Waals surface area contributed by atoms with Crippen molar-refractivity contribution in [1.82, 2.24) is 0 Å². The number of nitrogens with two attached hydrogens (primary N) is 1. The predicted octanol–water partition coefficient (Wildman–Crippen LogP) is 3.58. The highest BCUT2D eigenvalue weighted by Gasteiger charge is 2.37. The van der Waals surface area contributed by atoms with Gasteiger partial charge in [-0.1, -0.05) is 51.1 Å². The van der Waals surface area contributed by atoms with Crippen LogP contribution < -0.4 is 5.73 Å². The molecule has 1 rings (SSSR count). The molecule has 1 aromatic rings. The molecule has 0 radical (unpaired) electrons. The SMILES string of the molecule is CC(C)(C)[Si](C)(C)OC[C@@H](N)Cc1ccccc1. The third-order valence-corrected chi connectivity index (χ3v) is 8.31. The Bertz CT molecular complexity index is 357. The zero-order valence-corrected chi connectivity index (χ0v) is 13.4. The molecule has 0 saturated heterocycles. The van der Waals surface area contributed by atoms with Gasteiger partial charge in [0.2, 0.25) is 0 Å². The molecule has 0 aliphatic heterocycles. The molecule has 0 fully saturated rings. The van der Waals surface area contributed by atoms with Gasteiger partial charge in [0.15, 0.2) is 8.32 Å². The first kappa shape index (κ1) is 15.4. The highest BCUT2D eigenvalue weighted by Crippen LogP contribution is 2.36. The van der Waals surface area contributed by atoms with E-state index in [9.17, 15) is 0 Å². The van der Waals surface area contributed by atoms with Crippen LogP contribution in [0.15, 0.2) is 30.3 Å². The van der Waals surface area contributed by atoms with Gasteiger partial charge in [0.25, 0.3) is 0 Å².